The van der Waals surface area contributed by atoms with Crippen LogP contribution >= 0.6 is 12.2 Å². The van der Waals surface area contributed by atoms with Gasteiger partial charge in [0.15, 0.2) is 4.77 Å². The van der Waals surface area contributed by atoms with E-state index in [-0.39, 0.29) is 0 Å². The molecule has 1 heterocycles. The summed E-state index contributed by atoms with van der Waals surface area (Å²) < 4.78 is 3.10. The zero-order chi connectivity index (χ0) is 14.2. The number of hydrogen-bond donors (Lipinski definition) is 1. The van der Waals surface area contributed by atoms with Crippen molar-refractivity contribution in [1.82, 2.24) is 9.55 Å². The zero-order valence-corrected chi connectivity index (χ0v) is 13.3. The van der Waals surface area contributed by atoms with Crippen molar-refractivity contribution >= 4 is 23.3 Å². The maximum Gasteiger partial charge on any atom is 0.178 e. The van der Waals surface area contributed by atoms with Crippen molar-refractivity contribution in [3.05, 3.63) is 28.5 Å². The quantitative estimate of drug-likeness (QED) is 0.785. The lowest BCUT2D eigenvalue weighted by Crippen LogP contribution is -2.21. The van der Waals surface area contributed by atoms with Crippen LogP contribution in [0.2, 0.25) is 0 Å². The third-order valence-corrected chi connectivity index (χ3v) is 4.36. The average Bonchev–Trinajstić information content (AvgIpc) is 2.60. The van der Waals surface area contributed by atoms with E-state index in [1.54, 1.807) is 0 Å². The van der Waals surface area contributed by atoms with Crippen molar-refractivity contribution in [3.63, 3.8) is 0 Å². The van der Waals surface area contributed by atoms with Crippen LogP contribution in [-0.2, 0) is 6.54 Å². The van der Waals surface area contributed by atoms with Crippen molar-refractivity contribution in [2.75, 3.05) is 0 Å². The summed E-state index contributed by atoms with van der Waals surface area (Å²) in [7, 11) is 0. The number of aromatic amines is 1. The Hall–Kier alpha value is -1.09. The molecule has 19 heavy (non-hydrogen) atoms. The van der Waals surface area contributed by atoms with E-state index in [1.807, 2.05) is 0 Å². The van der Waals surface area contributed by atoms with Gasteiger partial charge in [-0.25, -0.2) is 0 Å². The number of nitrogens with zero attached hydrogens (tertiary/aromatic N) is 1. The second kappa shape index (κ2) is 5.49. The molecule has 3 heteroatoms. The normalized spacial score (nSPS) is 12.2. The Balaban J connectivity index is 2.45. The van der Waals surface area contributed by atoms with Gasteiger partial charge in [0, 0.05) is 6.54 Å². The molecule has 0 saturated carbocycles. The summed E-state index contributed by atoms with van der Waals surface area (Å²) in [6, 6.07) is 6.50. The Morgan fingerprint density at radius 3 is 2.37 bits per heavy atom. The van der Waals surface area contributed by atoms with Gasteiger partial charge in [0.25, 0.3) is 0 Å². The molecule has 0 fully saturated rings. The van der Waals surface area contributed by atoms with Crippen LogP contribution in [0.15, 0.2) is 18.2 Å². The Morgan fingerprint density at radius 1 is 1.16 bits per heavy atom. The molecule has 0 spiro atoms. The van der Waals surface area contributed by atoms with E-state index in [4.69, 9.17) is 12.2 Å². The van der Waals surface area contributed by atoms with Gasteiger partial charge in [0.05, 0.1) is 11.0 Å². The highest BCUT2D eigenvalue weighted by atomic mass is 32.1. The van der Waals surface area contributed by atoms with Crippen molar-refractivity contribution in [2.24, 2.45) is 17.8 Å². The molecule has 104 valence electrons. The summed E-state index contributed by atoms with van der Waals surface area (Å²) in [5.74, 6) is 1.97. The largest absolute Gasteiger partial charge is 0.331 e. The van der Waals surface area contributed by atoms with Gasteiger partial charge in [0.2, 0.25) is 0 Å². The second-order valence-corrected chi connectivity index (χ2v) is 6.60. The Morgan fingerprint density at radius 2 is 1.79 bits per heavy atom. The van der Waals surface area contributed by atoms with Gasteiger partial charge in [0.1, 0.15) is 0 Å². The minimum atomic E-state index is 0.645. The van der Waals surface area contributed by atoms with Gasteiger partial charge in [-0.15, -0.1) is 0 Å². The highest BCUT2D eigenvalue weighted by Crippen LogP contribution is 2.25. The standard InChI is InChI=1S/C16H24N2S/c1-10(2)13(11(3)4)9-18-15-7-6-12(5)8-14(15)17-16(18)19/h6-8,10-11,13H,9H2,1-5H3,(H,17,19). The highest BCUT2D eigenvalue weighted by molar-refractivity contribution is 7.71. The first kappa shape index (κ1) is 14.3. The predicted molar refractivity (Wildman–Crippen MR) is 85.0 cm³/mol. The van der Waals surface area contributed by atoms with Crippen LogP contribution in [0.25, 0.3) is 11.0 Å². The molecule has 0 saturated heterocycles. The fraction of sp³-hybridized carbons (Fsp3) is 0.562. The van der Waals surface area contributed by atoms with Crippen molar-refractivity contribution in [2.45, 2.75) is 41.2 Å². The summed E-state index contributed by atoms with van der Waals surface area (Å²) in [5, 5.41) is 0. The van der Waals surface area contributed by atoms with E-state index < -0.39 is 0 Å². The Labute approximate surface area is 120 Å². The lowest BCUT2D eigenvalue weighted by Gasteiger charge is -2.25. The van der Waals surface area contributed by atoms with Crippen LogP contribution in [0.4, 0.5) is 0 Å². The van der Waals surface area contributed by atoms with Gasteiger partial charge >= 0.3 is 0 Å². The summed E-state index contributed by atoms with van der Waals surface area (Å²) in [6.45, 7) is 12.3. The van der Waals surface area contributed by atoms with Crippen LogP contribution in [0.1, 0.15) is 33.3 Å². The van der Waals surface area contributed by atoms with Crippen molar-refractivity contribution in [3.8, 4) is 0 Å². The topological polar surface area (TPSA) is 20.7 Å². The van der Waals surface area contributed by atoms with E-state index in [0.29, 0.717) is 17.8 Å². The number of hydrogen-bond acceptors (Lipinski definition) is 1. The number of H-pyrrole nitrogens is 1. The second-order valence-electron chi connectivity index (χ2n) is 6.21. The van der Waals surface area contributed by atoms with E-state index in [2.05, 4.69) is 62.4 Å². The molecule has 2 aromatic rings. The smallest absolute Gasteiger partial charge is 0.178 e. The van der Waals surface area contributed by atoms with Gasteiger partial charge in [-0.05, 0) is 54.6 Å². The molecule has 0 bridgehead atoms. The maximum absolute atomic E-state index is 5.50. The number of nitrogens with one attached hydrogen (secondary N) is 1. The Bertz CT molecular complexity index is 611. The first-order chi connectivity index (χ1) is 8.90. The molecule has 0 unspecified atom stereocenters. The number of rotatable bonds is 4. The number of aryl methyl sites for hydroxylation is 1. The van der Waals surface area contributed by atoms with Crippen molar-refractivity contribution < 1.29 is 0 Å². The minimum Gasteiger partial charge on any atom is -0.331 e. The van der Waals surface area contributed by atoms with E-state index in [0.717, 1.165) is 16.8 Å². The number of benzene rings is 1. The summed E-state index contributed by atoms with van der Waals surface area (Å²) in [4.78, 5) is 3.33. The van der Waals surface area contributed by atoms with Gasteiger partial charge in [-0.3, -0.25) is 0 Å². The fourth-order valence-corrected chi connectivity index (χ4v) is 3.14. The minimum absolute atomic E-state index is 0.645. The average molecular weight is 276 g/mol. The van der Waals surface area contributed by atoms with Gasteiger partial charge in [-0.1, -0.05) is 33.8 Å². The monoisotopic (exact) mass is 276 g/mol. The molecule has 1 aromatic heterocycles. The van der Waals surface area contributed by atoms with Crippen LogP contribution in [0, 0.1) is 29.4 Å². The van der Waals surface area contributed by atoms with Crippen LogP contribution in [0.5, 0.6) is 0 Å². The van der Waals surface area contributed by atoms with Crippen LogP contribution in [-0.4, -0.2) is 9.55 Å². The third-order valence-electron chi connectivity index (χ3n) is 4.04. The molecule has 2 nitrogen and oxygen atoms in total. The molecule has 0 amide bonds. The summed E-state index contributed by atoms with van der Waals surface area (Å²) in [6.07, 6.45) is 0. The molecule has 0 aliphatic rings. The molecule has 0 radical (unpaired) electrons. The lowest BCUT2D eigenvalue weighted by atomic mass is 9.85. The first-order valence-corrected chi connectivity index (χ1v) is 7.50. The number of imidazole rings is 1. The summed E-state index contributed by atoms with van der Waals surface area (Å²) in [5.41, 5.74) is 3.64. The van der Waals surface area contributed by atoms with Crippen molar-refractivity contribution in [1.29, 1.82) is 0 Å². The lowest BCUT2D eigenvalue weighted by molar-refractivity contribution is 0.253. The molecular weight excluding hydrogens is 252 g/mol. The van der Waals surface area contributed by atoms with Gasteiger partial charge in [-0.2, -0.15) is 0 Å². The fourth-order valence-electron chi connectivity index (χ4n) is 2.86. The van der Waals surface area contributed by atoms with Crippen LogP contribution < -0.4 is 0 Å². The molecular formula is C16H24N2S. The van der Waals surface area contributed by atoms with Crippen LogP contribution in [0.3, 0.4) is 0 Å². The maximum atomic E-state index is 5.50. The molecule has 0 aliphatic carbocycles. The number of fused-ring (bicyclic) bond motifs is 1. The predicted octanol–water partition coefficient (Wildman–Crippen LogP) is 4.94. The molecule has 1 aromatic carbocycles. The van der Waals surface area contributed by atoms with E-state index in [9.17, 15) is 0 Å². The van der Waals surface area contributed by atoms with E-state index in [1.165, 1.54) is 11.1 Å². The molecule has 0 atom stereocenters. The highest BCUT2D eigenvalue weighted by Gasteiger charge is 2.19. The molecule has 0 aliphatic heterocycles. The summed E-state index contributed by atoms with van der Waals surface area (Å²) >= 11 is 5.50. The van der Waals surface area contributed by atoms with E-state index >= 15 is 0 Å². The number of aromatic nitrogens is 2. The zero-order valence-electron chi connectivity index (χ0n) is 12.5. The molecule has 1 N–H and O–H groups in total. The Kier molecular flexibility index (Phi) is 4.14. The molecule has 2 rings (SSSR count). The SMILES string of the molecule is Cc1ccc2c(c1)[nH]c(=S)n2CC(C(C)C)C(C)C. The first-order valence-electron chi connectivity index (χ1n) is 7.09. The third kappa shape index (κ3) is 2.92. The van der Waals surface area contributed by atoms with Gasteiger partial charge < -0.3 is 9.55 Å².